The number of likely N-dealkylation sites (tertiary alicyclic amines) is 1. The molecule has 3 heterocycles. The van der Waals surface area contributed by atoms with Crippen molar-refractivity contribution in [1.29, 1.82) is 0 Å². The summed E-state index contributed by atoms with van der Waals surface area (Å²) in [6.45, 7) is 1.07. The second-order valence-corrected chi connectivity index (χ2v) is 8.29. The summed E-state index contributed by atoms with van der Waals surface area (Å²) < 4.78 is 18.8. The van der Waals surface area contributed by atoms with Crippen LogP contribution in [0.4, 0.5) is 4.39 Å². The smallest absolute Gasteiger partial charge is 0.259 e. The fourth-order valence-electron chi connectivity index (χ4n) is 4.33. The minimum Gasteiger partial charge on any atom is -0.355 e. The average Bonchev–Trinajstić information content (AvgIpc) is 3.57. The minimum atomic E-state index is -0.373. The monoisotopic (exact) mass is 422 g/mol. The summed E-state index contributed by atoms with van der Waals surface area (Å²) in [5.74, 6) is -0.412. The second-order valence-electron chi connectivity index (χ2n) is 8.29. The molecule has 1 unspecified atom stereocenters. The number of benzene rings is 1. The van der Waals surface area contributed by atoms with Crippen LogP contribution in [0.2, 0.25) is 0 Å². The molecule has 31 heavy (non-hydrogen) atoms. The molecule has 1 saturated carbocycles. The van der Waals surface area contributed by atoms with Crippen LogP contribution in [-0.4, -0.2) is 47.0 Å². The van der Waals surface area contributed by atoms with Gasteiger partial charge < -0.3 is 14.7 Å². The molecular weight excluding hydrogens is 399 g/mol. The summed E-state index contributed by atoms with van der Waals surface area (Å²) in [6.07, 6.45) is 3.76. The zero-order valence-electron chi connectivity index (χ0n) is 17.2. The lowest BCUT2D eigenvalue weighted by Gasteiger charge is -2.32. The summed E-state index contributed by atoms with van der Waals surface area (Å²) in [6, 6.07) is 7.43. The number of aromatic nitrogens is 2. The van der Waals surface area contributed by atoms with E-state index in [2.05, 4.69) is 15.5 Å². The van der Waals surface area contributed by atoms with Crippen molar-refractivity contribution in [3.63, 3.8) is 0 Å². The highest BCUT2D eigenvalue weighted by Crippen LogP contribution is 2.41. The Bertz CT molecular complexity index is 1150. The van der Waals surface area contributed by atoms with Crippen molar-refractivity contribution in [3.8, 4) is 0 Å². The van der Waals surface area contributed by atoms with Crippen molar-refractivity contribution in [2.45, 2.75) is 37.5 Å². The number of hydrogen-bond acceptors (Lipinski definition) is 5. The molecule has 1 aliphatic heterocycles. The number of hydrogen-bond donors (Lipinski definition) is 1. The van der Waals surface area contributed by atoms with Gasteiger partial charge in [-0.1, -0.05) is 5.16 Å². The van der Waals surface area contributed by atoms with E-state index in [0.717, 1.165) is 31.4 Å². The molecule has 0 bridgehead atoms. The van der Waals surface area contributed by atoms with Crippen LogP contribution in [0.25, 0.3) is 11.1 Å². The van der Waals surface area contributed by atoms with Gasteiger partial charge in [0.2, 0.25) is 0 Å². The molecule has 1 aliphatic carbocycles. The molecule has 1 saturated heterocycles. The molecule has 8 heteroatoms. The van der Waals surface area contributed by atoms with Crippen LogP contribution in [0.15, 0.2) is 34.9 Å². The molecule has 2 aromatic heterocycles. The van der Waals surface area contributed by atoms with E-state index in [1.807, 2.05) is 6.07 Å². The first-order valence-electron chi connectivity index (χ1n) is 10.6. The Balaban J connectivity index is 1.48. The molecule has 2 amide bonds. The number of amides is 2. The second kappa shape index (κ2) is 7.76. The van der Waals surface area contributed by atoms with Gasteiger partial charge in [-0.05, 0) is 56.0 Å². The van der Waals surface area contributed by atoms with Crippen molar-refractivity contribution in [3.05, 3.63) is 58.7 Å². The first kappa shape index (κ1) is 19.7. The molecule has 0 spiro atoms. The van der Waals surface area contributed by atoms with E-state index < -0.39 is 0 Å². The molecule has 0 radical (unpaired) electrons. The van der Waals surface area contributed by atoms with Gasteiger partial charge in [0.05, 0.1) is 16.6 Å². The Hall–Kier alpha value is -3.29. The van der Waals surface area contributed by atoms with Gasteiger partial charge in [0.25, 0.3) is 17.5 Å². The summed E-state index contributed by atoms with van der Waals surface area (Å²) in [5, 5.41) is 7.62. The molecule has 1 aromatic carbocycles. The van der Waals surface area contributed by atoms with Crippen molar-refractivity contribution in [1.82, 2.24) is 20.4 Å². The highest BCUT2D eigenvalue weighted by Gasteiger charge is 2.33. The van der Waals surface area contributed by atoms with E-state index in [1.54, 1.807) is 11.9 Å². The van der Waals surface area contributed by atoms with Crippen LogP contribution in [0.3, 0.4) is 0 Å². The Labute approximate surface area is 178 Å². The van der Waals surface area contributed by atoms with Crippen molar-refractivity contribution in [2.75, 3.05) is 20.1 Å². The first-order chi connectivity index (χ1) is 15.0. The van der Waals surface area contributed by atoms with Crippen LogP contribution >= 0.6 is 0 Å². The topological polar surface area (TPSA) is 88.3 Å². The van der Waals surface area contributed by atoms with Crippen LogP contribution in [0.1, 0.15) is 69.6 Å². The van der Waals surface area contributed by atoms with Gasteiger partial charge in [-0.3, -0.25) is 9.59 Å². The zero-order valence-corrected chi connectivity index (χ0v) is 17.2. The van der Waals surface area contributed by atoms with Crippen molar-refractivity contribution < 1.29 is 18.5 Å². The molecule has 5 rings (SSSR count). The number of nitrogens with one attached hydrogen (secondary N) is 1. The molecule has 2 aliphatic rings. The number of pyridine rings is 1. The lowest BCUT2D eigenvalue weighted by Crippen LogP contribution is -2.39. The number of piperidine rings is 1. The fraction of sp³-hybridized carbons (Fsp3) is 0.391. The largest absolute Gasteiger partial charge is 0.355 e. The molecule has 3 aromatic rings. The number of carbonyl (C=O) groups excluding carboxylic acids is 2. The van der Waals surface area contributed by atoms with Crippen LogP contribution in [-0.2, 0) is 0 Å². The maximum Gasteiger partial charge on any atom is 0.259 e. The van der Waals surface area contributed by atoms with Gasteiger partial charge in [0.1, 0.15) is 5.82 Å². The van der Waals surface area contributed by atoms with E-state index in [0.29, 0.717) is 46.9 Å². The minimum absolute atomic E-state index is 0.0728. The van der Waals surface area contributed by atoms with E-state index in [1.165, 1.54) is 24.3 Å². The number of rotatable bonds is 4. The molecule has 7 nitrogen and oxygen atoms in total. The summed E-state index contributed by atoms with van der Waals surface area (Å²) >= 11 is 0. The lowest BCUT2D eigenvalue weighted by molar-refractivity contribution is 0.0704. The zero-order chi connectivity index (χ0) is 21.5. The Morgan fingerprint density at radius 1 is 1.16 bits per heavy atom. The predicted molar refractivity (Wildman–Crippen MR) is 111 cm³/mol. The lowest BCUT2D eigenvalue weighted by atomic mass is 9.91. The maximum atomic E-state index is 13.2. The molecule has 160 valence electrons. The highest BCUT2D eigenvalue weighted by atomic mass is 19.1. The number of carbonyl (C=O) groups is 2. The van der Waals surface area contributed by atoms with Gasteiger partial charge in [0.15, 0.2) is 0 Å². The van der Waals surface area contributed by atoms with Gasteiger partial charge in [-0.15, -0.1) is 0 Å². The Kier molecular flexibility index (Phi) is 4.92. The normalized spacial score (nSPS) is 18.9. The first-order valence-corrected chi connectivity index (χ1v) is 10.6. The van der Waals surface area contributed by atoms with E-state index in [9.17, 15) is 14.0 Å². The average molecular weight is 422 g/mol. The third-order valence-electron chi connectivity index (χ3n) is 6.15. The van der Waals surface area contributed by atoms with Gasteiger partial charge in [-0.25, -0.2) is 9.37 Å². The van der Waals surface area contributed by atoms with Gasteiger partial charge in [-0.2, -0.15) is 0 Å². The molecule has 1 atom stereocenters. The van der Waals surface area contributed by atoms with Gasteiger partial charge in [0, 0.05) is 43.2 Å². The van der Waals surface area contributed by atoms with E-state index in [-0.39, 0.29) is 23.5 Å². The standard InChI is InChI=1S/C23H23FN4O3/c1-25-21(29)17-11-18(13-4-5-13)26-22-19(17)20(27-31-22)15-3-2-10-28(12-15)23(30)14-6-8-16(24)9-7-14/h6-9,11,13,15H,2-5,10,12H2,1H3,(H,25,29). The van der Waals surface area contributed by atoms with Crippen molar-refractivity contribution >= 4 is 22.9 Å². The van der Waals surface area contributed by atoms with E-state index >= 15 is 0 Å². The van der Waals surface area contributed by atoms with Crippen LogP contribution < -0.4 is 5.32 Å². The van der Waals surface area contributed by atoms with Gasteiger partial charge >= 0.3 is 0 Å². The summed E-state index contributed by atoms with van der Waals surface area (Å²) in [4.78, 5) is 31.9. The molecule has 2 fully saturated rings. The van der Waals surface area contributed by atoms with Crippen molar-refractivity contribution in [2.24, 2.45) is 0 Å². The predicted octanol–water partition coefficient (Wildman–Crippen LogP) is 3.62. The third-order valence-corrected chi connectivity index (χ3v) is 6.15. The van der Waals surface area contributed by atoms with Crippen LogP contribution in [0.5, 0.6) is 0 Å². The number of fused-ring (bicyclic) bond motifs is 1. The number of halogens is 1. The summed E-state index contributed by atoms with van der Waals surface area (Å²) in [5.41, 5.74) is 2.88. The van der Waals surface area contributed by atoms with Crippen LogP contribution in [0, 0.1) is 5.82 Å². The fourth-order valence-corrected chi connectivity index (χ4v) is 4.33. The highest BCUT2D eigenvalue weighted by molar-refractivity contribution is 6.06. The maximum absolute atomic E-state index is 13.2. The Morgan fingerprint density at radius 3 is 2.65 bits per heavy atom. The quantitative estimate of drug-likeness (QED) is 0.694. The molecule has 1 N–H and O–H groups in total. The Morgan fingerprint density at radius 2 is 1.94 bits per heavy atom. The molecular formula is C23H23FN4O3. The third kappa shape index (κ3) is 3.66. The SMILES string of the molecule is CNC(=O)c1cc(C2CC2)nc2onc(C3CCCN(C(=O)c4ccc(F)cc4)C3)c12. The van der Waals surface area contributed by atoms with E-state index in [4.69, 9.17) is 4.52 Å². The summed E-state index contributed by atoms with van der Waals surface area (Å²) in [7, 11) is 1.60. The number of nitrogens with zero attached hydrogens (tertiary/aromatic N) is 3.